The largest absolute Gasteiger partial charge is 0.383 e. The lowest BCUT2D eigenvalue weighted by molar-refractivity contribution is -0.139. The topological polar surface area (TPSA) is 78.4 Å². The first-order valence-electron chi connectivity index (χ1n) is 9.41. The van der Waals surface area contributed by atoms with Crippen LogP contribution in [0, 0.1) is 0 Å². The van der Waals surface area contributed by atoms with Gasteiger partial charge in [0.1, 0.15) is 5.60 Å². The van der Waals surface area contributed by atoms with Gasteiger partial charge in [-0.15, -0.1) is 11.3 Å². The van der Waals surface area contributed by atoms with E-state index < -0.39 is 17.4 Å². The van der Waals surface area contributed by atoms with Crippen LogP contribution in [0.15, 0.2) is 42.0 Å². The zero-order valence-electron chi connectivity index (χ0n) is 15.6. The van der Waals surface area contributed by atoms with E-state index in [2.05, 4.69) is 16.7 Å². The summed E-state index contributed by atoms with van der Waals surface area (Å²) in [4.78, 5) is 24.7. The molecule has 1 aromatic heterocycles. The third-order valence-corrected chi connectivity index (χ3v) is 6.24. The second-order valence-electron chi connectivity index (χ2n) is 7.22. The number of allylic oxidation sites excluding steroid dienone is 1. The van der Waals surface area contributed by atoms with E-state index in [1.807, 2.05) is 30.3 Å². The zero-order chi connectivity index (χ0) is 19.3. The molecule has 3 rings (SSSR count). The number of amides is 2. The van der Waals surface area contributed by atoms with Crippen LogP contribution in [-0.4, -0.2) is 30.0 Å². The Balaban J connectivity index is 1.48. The molecule has 144 valence electrons. The molecule has 0 radical (unpaired) electrons. The maximum absolute atomic E-state index is 12.0. The minimum Gasteiger partial charge on any atom is -0.383 e. The summed E-state index contributed by atoms with van der Waals surface area (Å²) < 4.78 is 1.08. The molecule has 2 aromatic rings. The highest BCUT2D eigenvalue weighted by Crippen LogP contribution is 2.32. The normalized spacial score (nSPS) is 16.4. The summed E-state index contributed by atoms with van der Waals surface area (Å²) in [6.45, 7) is 2.09. The number of hydrogen-bond acceptors (Lipinski definition) is 4. The SMILES string of the molecule is CC(O)(CNC(=O)C(=O)NCCC1=CCCCC1)c1cc2ccccc2s1. The minimum atomic E-state index is -1.23. The number of carbonyl (C=O) groups is 2. The van der Waals surface area contributed by atoms with E-state index in [-0.39, 0.29) is 6.54 Å². The molecule has 27 heavy (non-hydrogen) atoms. The summed E-state index contributed by atoms with van der Waals surface area (Å²) in [5, 5.41) is 17.0. The molecule has 1 unspecified atom stereocenters. The van der Waals surface area contributed by atoms with Crippen LogP contribution in [0.4, 0.5) is 0 Å². The maximum Gasteiger partial charge on any atom is 0.309 e. The van der Waals surface area contributed by atoms with Crippen LogP contribution >= 0.6 is 11.3 Å². The van der Waals surface area contributed by atoms with Crippen molar-refractivity contribution in [1.82, 2.24) is 10.6 Å². The minimum absolute atomic E-state index is 0.0166. The van der Waals surface area contributed by atoms with Crippen molar-refractivity contribution in [1.29, 1.82) is 0 Å². The highest BCUT2D eigenvalue weighted by Gasteiger charge is 2.27. The van der Waals surface area contributed by atoms with Crippen molar-refractivity contribution in [3.63, 3.8) is 0 Å². The molecule has 0 fully saturated rings. The van der Waals surface area contributed by atoms with E-state index in [4.69, 9.17) is 0 Å². The molecule has 1 aromatic carbocycles. The van der Waals surface area contributed by atoms with E-state index in [1.54, 1.807) is 6.92 Å². The number of nitrogens with one attached hydrogen (secondary N) is 2. The van der Waals surface area contributed by atoms with Crippen LogP contribution < -0.4 is 10.6 Å². The first-order valence-corrected chi connectivity index (χ1v) is 10.2. The lowest BCUT2D eigenvalue weighted by Crippen LogP contribution is -2.45. The van der Waals surface area contributed by atoms with E-state index in [0.29, 0.717) is 6.54 Å². The quantitative estimate of drug-likeness (QED) is 0.527. The fraction of sp³-hybridized carbons (Fsp3) is 0.429. The number of benzene rings is 1. The van der Waals surface area contributed by atoms with Gasteiger partial charge in [0.15, 0.2) is 0 Å². The number of hydrogen-bond donors (Lipinski definition) is 3. The Bertz CT molecular complexity index is 821. The molecule has 1 aliphatic carbocycles. The van der Waals surface area contributed by atoms with Crippen molar-refractivity contribution in [2.75, 3.05) is 13.1 Å². The second kappa shape index (κ2) is 8.67. The highest BCUT2D eigenvalue weighted by atomic mass is 32.1. The van der Waals surface area contributed by atoms with Crippen LogP contribution in [0.2, 0.25) is 0 Å². The van der Waals surface area contributed by atoms with Gasteiger partial charge in [-0.05, 0) is 56.5 Å². The van der Waals surface area contributed by atoms with Crippen LogP contribution in [-0.2, 0) is 15.2 Å². The molecule has 0 aliphatic heterocycles. The van der Waals surface area contributed by atoms with Crippen molar-refractivity contribution >= 4 is 33.2 Å². The first kappa shape index (κ1) is 19.6. The maximum atomic E-state index is 12.0. The number of thiophene rings is 1. The molecule has 0 saturated carbocycles. The summed E-state index contributed by atoms with van der Waals surface area (Å²) in [6.07, 6.45) is 7.65. The van der Waals surface area contributed by atoms with Gasteiger partial charge in [-0.2, -0.15) is 0 Å². The summed E-state index contributed by atoms with van der Waals surface area (Å²) >= 11 is 1.49. The predicted molar refractivity (Wildman–Crippen MR) is 109 cm³/mol. The Morgan fingerprint density at radius 3 is 2.70 bits per heavy atom. The van der Waals surface area contributed by atoms with Crippen molar-refractivity contribution < 1.29 is 14.7 Å². The van der Waals surface area contributed by atoms with Gasteiger partial charge in [0.2, 0.25) is 0 Å². The third kappa shape index (κ3) is 5.17. The predicted octanol–water partition coefficient (Wildman–Crippen LogP) is 3.23. The fourth-order valence-corrected chi connectivity index (χ4v) is 4.32. The average Bonchev–Trinajstić information content (AvgIpc) is 3.12. The summed E-state index contributed by atoms with van der Waals surface area (Å²) in [5.74, 6) is -1.37. The molecule has 1 aliphatic rings. The Morgan fingerprint density at radius 2 is 1.96 bits per heavy atom. The highest BCUT2D eigenvalue weighted by molar-refractivity contribution is 7.19. The van der Waals surface area contributed by atoms with Gasteiger partial charge in [0.25, 0.3) is 0 Å². The van der Waals surface area contributed by atoms with Crippen molar-refractivity contribution in [2.45, 2.75) is 44.6 Å². The summed E-state index contributed by atoms with van der Waals surface area (Å²) in [7, 11) is 0. The Labute approximate surface area is 163 Å². The van der Waals surface area contributed by atoms with E-state index in [9.17, 15) is 14.7 Å². The fourth-order valence-electron chi connectivity index (χ4n) is 3.22. The Morgan fingerprint density at radius 1 is 1.19 bits per heavy atom. The van der Waals surface area contributed by atoms with E-state index >= 15 is 0 Å². The van der Waals surface area contributed by atoms with Crippen molar-refractivity contribution in [3.8, 4) is 0 Å². The van der Waals surface area contributed by atoms with Gasteiger partial charge >= 0.3 is 11.8 Å². The van der Waals surface area contributed by atoms with Gasteiger partial charge in [0, 0.05) is 16.1 Å². The molecule has 5 nitrogen and oxygen atoms in total. The number of carbonyl (C=O) groups excluding carboxylic acids is 2. The Kier molecular flexibility index (Phi) is 6.29. The van der Waals surface area contributed by atoms with Gasteiger partial charge in [-0.25, -0.2) is 0 Å². The van der Waals surface area contributed by atoms with E-state index in [0.717, 1.165) is 34.2 Å². The lowest BCUT2D eigenvalue weighted by atomic mass is 9.97. The average molecular weight is 387 g/mol. The van der Waals surface area contributed by atoms with Crippen molar-refractivity contribution in [2.24, 2.45) is 0 Å². The van der Waals surface area contributed by atoms with Gasteiger partial charge in [-0.3, -0.25) is 9.59 Å². The van der Waals surface area contributed by atoms with Crippen LogP contribution in [0.25, 0.3) is 10.1 Å². The standard InChI is InChI=1S/C21H26N2O3S/c1-21(26,18-13-16-9-5-6-10-17(16)27-18)14-23-20(25)19(24)22-12-11-15-7-3-2-4-8-15/h5-7,9-10,13,26H,2-4,8,11-12,14H2,1H3,(H,22,24)(H,23,25). The zero-order valence-corrected chi connectivity index (χ0v) is 16.4. The van der Waals surface area contributed by atoms with Gasteiger partial charge in [-0.1, -0.05) is 29.8 Å². The molecule has 0 spiro atoms. The van der Waals surface area contributed by atoms with Gasteiger partial charge < -0.3 is 15.7 Å². The number of aliphatic hydroxyl groups is 1. The molecular formula is C21H26N2O3S. The molecule has 0 saturated heterocycles. The summed E-state index contributed by atoms with van der Waals surface area (Å²) in [5.41, 5.74) is 0.127. The summed E-state index contributed by atoms with van der Waals surface area (Å²) in [6, 6.07) is 9.80. The molecular weight excluding hydrogens is 360 g/mol. The molecule has 1 atom stereocenters. The number of fused-ring (bicyclic) bond motifs is 1. The molecule has 2 amide bonds. The molecule has 6 heteroatoms. The number of rotatable bonds is 6. The second-order valence-corrected chi connectivity index (χ2v) is 8.30. The smallest absolute Gasteiger partial charge is 0.309 e. The third-order valence-electron chi connectivity index (χ3n) is 4.87. The molecule has 0 bridgehead atoms. The molecule has 3 N–H and O–H groups in total. The molecule has 1 heterocycles. The van der Waals surface area contributed by atoms with E-state index in [1.165, 1.54) is 29.8 Å². The van der Waals surface area contributed by atoms with Crippen molar-refractivity contribution in [3.05, 3.63) is 46.9 Å². The first-order chi connectivity index (χ1) is 13.0. The monoisotopic (exact) mass is 386 g/mol. The van der Waals surface area contributed by atoms with Gasteiger partial charge in [0.05, 0.1) is 6.54 Å². The van der Waals surface area contributed by atoms with Crippen LogP contribution in [0.1, 0.15) is 43.9 Å². The van der Waals surface area contributed by atoms with Crippen LogP contribution in [0.3, 0.4) is 0 Å². The Hall–Kier alpha value is -2.18. The van der Waals surface area contributed by atoms with Crippen LogP contribution in [0.5, 0.6) is 0 Å². The lowest BCUT2D eigenvalue weighted by Gasteiger charge is -2.22.